The summed E-state index contributed by atoms with van der Waals surface area (Å²) in [5.41, 5.74) is 2.15. The van der Waals surface area contributed by atoms with Gasteiger partial charge in [-0.25, -0.2) is 4.79 Å². The number of nitrogens with one attached hydrogen (secondary N) is 3. The number of hydrogen-bond acceptors (Lipinski definition) is 2. The average Bonchev–Trinajstić information content (AvgIpc) is 2.80. The fraction of sp³-hybridized carbons (Fsp3) is 0.308. The van der Waals surface area contributed by atoms with Gasteiger partial charge in [-0.2, -0.15) is 0 Å². The standard InChI is InChI=1S/C13H17N3O2/c1-18-7-6-14-13(17)16-9-10-8-15-12-5-3-2-4-11(10)12/h2-5,8,15H,6-7,9H2,1H3,(H2,14,16,17). The minimum Gasteiger partial charge on any atom is -0.383 e. The third-order valence-corrected chi connectivity index (χ3v) is 2.71. The fourth-order valence-electron chi connectivity index (χ4n) is 1.78. The molecule has 0 unspecified atom stereocenters. The molecule has 0 saturated carbocycles. The van der Waals surface area contributed by atoms with Gasteiger partial charge in [0, 0.05) is 37.3 Å². The molecule has 1 aromatic carbocycles. The van der Waals surface area contributed by atoms with Gasteiger partial charge in [-0.1, -0.05) is 18.2 Å². The number of fused-ring (bicyclic) bond motifs is 1. The van der Waals surface area contributed by atoms with Crippen molar-refractivity contribution in [1.29, 1.82) is 0 Å². The zero-order valence-corrected chi connectivity index (χ0v) is 10.3. The number of carbonyl (C=O) groups is 1. The first-order chi connectivity index (χ1) is 8.81. The van der Waals surface area contributed by atoms with Gasteiger partial charge >= 0.3 is 6.03 Å². The number of para-hydroxylation sites is 1. The average molecular weight is 247 g/mol. The van der Waals surface area contributed by atoms with E-state index in [1.807, 2.05) is 30.5 Å². The van der Waals surface area contributed by atoms with Crippen LogP contribution in [0.25, 0.3) is 10.9 Å². The monoisotopic (exact) mass is 247 g/mol. The predicted octanol–water partition coefficient (Wildman–Crippen LogP) is 1.61. The molecule has 0 saturated heterocycles. The molecule has 1 aromatic heterocycles. The number of aromatic amines is 1. The zero-order valence-electron chi connectivity index (χ0n) is 10.3. The molecule has 0 fully saturated rings. The van der Waals surface area contributed by atoms with Crippen LogP contribution in [0.4, 0.5) is 4.79 Å². The number of urea groups is 1. The number of carbonyl (C=O) groups excluding carboxylic acids is 1. The fourth-order valence-corrected chi connectivity index (χ4v) is 1.78. The third-order valence-electron chi connectivity index (χ3n) is 2.71. The first-order valence-electron chi connectivity index (χ1n) is 5.87. The van der Waals surface area contributed by atoms with Crippen molar-refractivity contribution in [2.45, 2.75) is 6.54 Å². The Morgan fingerprint density at radius 1 is 1.33 bits per heavy atom. The molecule has 96 valence electrons. The summed E-state index contributed by atoms with van der Waals surface area (Å²) in [7, 11) is 1.60. The highest BCUT2D eigenvalue weighted by Crippen LogP contribution is 2.16. The SMILES string of the molecule is COCCNC(=O)NCc1c[nH]c2ccccc12. The summed E-state index contributed by atoms with van der Waals surface area (Å²) in [6.07, 6.45) is 1.92. The van der Waals surface area contributed by atoms with E-state index in [-0.39, 0.29) is 6.03 Å². The second-order valence-electron chi connectivity index (χ2n) is 3.96. The highest BCUT2D eigenvalue weighted by Gasteiger charge is 2.04. The van der Waals surface area contributed by atoms with Crippen LogP contribution < -0.4 is 10.6 Å². The molecular formula is C13H17N3O2. The minimum absolute atomic E-state index is 0.183. The van der Waals surface area contributed by atoms with Crippen LogP contribution in [0.2, 0.25) is 0 Å². The number of benzene rings is 1. The highest BCUT2D eigenvalue weighted by molar-refractivity contribution is 5.83. The molecule has 0 bridgehead atoms. The summed E-state index contributed by atoms with van der Waals surface area (Å²) in [6, 6.07) is 7.83. The smallest absolute Gasteiger partial charge is 0.315 e. The van der Waals surface area contributed by atoms with Gasteiger partial charge in [0.15, 0.2) is 0 Å². The number of H-pyrrole nitrogens is 1. The molecule has 1 heterocycles. The topological polar surface area (TPSA) is 66.2 Å². The molecule has 0 spiro atoms. The van der Waals surface area contributed by atoms with Crippen LogP contribution in [0, 0.1) is 0 Å². The zero-order chi connectivity index (χ0) is 12.8. The molecule has 2 amide bonds. The second kappa shape index (κ2) is 6.07. The van der Waals surface area contributed by atoms with Crippen molar-refractivity contribution in [3.63, 3.8) is 0 Å². The van der Waals surface area contributed by atoms with E-state index in [1.165, 1.54) is 0 Å². The molecule has 0 aliphatic heterocycles. The third kappa shape index (κ3) is 3.01. The lowest BCUT2D eigenvalue weighted by atomic mass is 10.2. The quantitative estimate of drug-likeness (QED) is 0.703. The van der Waals surface area contributed by atoms with Crippen LogP contribution in [-0.4, -0.2) is 31.3 Å². The van der Waals surface area contributed by atoms with E-state index in [4.69, 9.17) is 4.74 Å². The summed E-state index contributed by atoms with van der Waals surface area (Å²) >= 11 is 0. The Morgan fingerprint density at radius 3 is 3.00 bits per heavy atom. The van der Waals surface area contributed by atoms with Crippen molar-refractivity contribution >= 4 is 16.9 Å². The number of ether oxygens (including phenoxy) is 1. The highest BCUT2D eigenvalue weighted by atomic mass is 16.5. The lowest BCUT2D eigenvalue weighted by Gasteiger charge is -2.06. The lowest BCUT2D eigenvalue weighted by molar-refractivity contribution is 0.196. The molecule has 0 radical (unpaired) electrons. The molecule has 3 N–H and O–H groups in total. The Bertz CT molecular complexity index is 522. The van der Waals surface area contributed by atoms with Crippen molar-refractivity contribution in [2.75, 3.05) is 20.3 Å². The molecule has 5 nitrogen and oxygen atoms in total. The Balaban J connectivity index is 1.88. The van der Waals surface area contributed by atoms with Gasteiger partial charge in [-0.05, 0) is 11.6 Å². The first kappa shape index (κ1) is 12.4. The van der Waals surface area contributed by atoms with Crippen LogP contribution in [0.5, 0.6) is 0 Å². The largest absolute Gasteiger partial charge is 0.383 e. The van der Waals surface area contributed by atoms with Crippen LogP contribution in [0.3, 0.4) is 0 Å². The molecule has 0 atom stereocenters. The molecule has 0 aliphatic rings. The summed E-state index contributed by atoms with van der Waals surface area (Å²) in [6.45, 7) is 1.53. The van der Waals surface area contributed by atoms with E-state index in [0.717, 1.165) is 16.5 Å². The number of hydrogen-bond donors (Lipinski definition) is 3. The lowest BCUT2D eigenvalue weighted by Crippen LogP contribution is -2.36. The normalized spacial score (nSPS) is 10.5. The van der Waals surface area contributed by atoms with E-state index in [9.17, 15) is 4.79 Å². The number of amides is 2. The van der Waals surface area contributed by atoms with E-state index in [2.05, 4.69) is 15.6 Å². The Hall–Kier alpha value is -2.01. The van der Waals surface area contributed by atoms with E-state index >= 15 is 0 Å². The van der Waals surface area contributed by atoms with Gasteiger partial charge in [-0.15, -0.1) is 0 Å². The van der Waals surface area contributed by atoms with Gasteiger partial charge in [-0.3, -0.25) is 0 Å². The summed E-state index contributed by atoms with van der Waals surface area (Å²) in [4.78, 5) is 14.6. The maximum absolute atomic E-state index is 11.5. The van der Waals surface area contributed by atoms with Crippen LogP contribution in [0.1, 0.15) is 5.56 Å². The Morgan fingerprint density at radius 2 is 2.17 bits per heavy atom. The molecular weight excluding hydrogens is 230 g/mol. The van der Waals surface area contributed by atoms with Crippen LogP contribution in [-0.2, 0) is 11.3 Å². The van der Waals surface area contributed by atoms with E-state index in [0.29, 0.717) is 19.7 Å². The van der Waals surface area contributed by atoms with Crippen molar-refractivity contribution in [3.8, 4) is 0 Å². The van der Waals surface area contributed by atoms with Gasteiger partial charge in [0.1, 0.15) is 0 Å². The van der Waals surface area contributed by atoms with Crippen molar-refractivity contribution in [2.24, 2.45) is 0 Å². The molecule has 5 heteroatoms. The predicted molar refractivity (Wildman–Crippen MR) is 70.4 cm³/mol. The molecule has 2 aromatic rings. The van der Waals surface area contributed by atoms with Gasteiger partial charge in [0.25, 0.3) is 0 Å². The van der Waals surface area contributed by atoms with Gasteiger partial charge in [0.05, 0.1) is 6.61 Å². The maximum atomic E-state index is 11.5. The minimum atomic E-state index is -0.183. The number of methoxy groups -OCH3 is 1. The van der Waals surface area contributed by atoms with Crippen molar-refractivity contribution in [3.05, 3.63) is 36.0 Å². The summed E-state index contributed by atoms with van der Waals surface area (Å²) in [5.74, 6) is 0. The summed E-state index contributed by atoms with van der Waals surface area (Å²) in [5, 5.41) is 6.65. The maximum Gasteiger partial charge on any atom is 0.315 e. The van der Waals surface area contributed by atoms with Gasteiger partial charge < -0.3 is 20.4 Å². The van der Waals surface area contributed by atoms with E-state index in [1.54, 1.807) is 7.11 Å². The molecule has 0 aliphatic carbocycles. The number of rotatable bonds is 5. The van der Waals surface area contributed by atoms with Crippen molar-refractivity contribution < 1.29 is 9.53 Å². The van der Waals surface area contributed by atoms with Crippen LogP contribution in [0.15, 0.2) is 30.5 Å². The Kier molecular flexibility index (Phi) is 4.20. The first-order valence-corrected chi connectivity index (χ1v) is 5.87. The second-order valence-corrected chi connectivity index (χ2v) is 3.96. The van der Waals surface area contributed by atoms with Crippen molar-refractivity contribution in [1.82, 2.24) is 15.6 Å². The Labute approximate surface area is 106 Å². The molecule has 18 heavy (non-hydrogen) atoms. The molecule has 2 rings (SSSR count). The number of aromatic nitrogens is 1. The van der Waals surface area contributed by atoms with E-state index < -0.39 is 0 Å². The van der Waals surface area contributed by atoms with Gasteiger partial charge in [0.2, 0.25) is 0 Å². The van der Waals surface area contributed by atoms with Crippen LogP contribution >= 0.6 is 0 Å². The summed E-state index contributed by atoms with van der Waals surface area (Å²) < 4.78 is 4.85.